The predicted octanol–water partition coefficient (Wildman–Crippen LogP) is 2.71. The Hall–Kier alpha value is -0.820. The van der Waals surface area contributed by atoms with E-state index in [1.807, 2.05) is 6.07 Å². The van der Waals surface area contributed by atoms with Crippen molar-refractivity contribution in [3.05, 3.63) is 35.9 Å². The highest BCUT2D eigenvalue weighted by molar-refractivity contribution is 5.35. The van der Waals surface area contributed by atoms with Crippen molar-refractivity contribution >= 4 is 0 Å². The van der Waals surface area contributed by atoms with Crippen molar-refractivity contribution in [3.8, 4) is 0 Å². The third kappa shape index (κ3) is 1.05. The fourth-order valence-electron chi connectivity index (χ4n) is 3.21. The average Bonchev–Trinajstić information content (AvgIpc) is 2.85. The van der Waals surface area contributed by atoms with Gasteiger partial charge < -0.3 is 5.11 Å². The SMILES string of the molecule is O[C@@]12CCCC[C@H]1[C@@H]2c1ccccc1. The lowest BCUT2D eigenvalue weighted by Gasteiger charge is -2.15. The highest BCUT2D eigenvalue weighted by Gasteiger charge is 2.64. The van der Waals surface area contributed by atoms with Crippen molar-refractivity contribution in [1.82, 2.24) is 0 Å². The number of benzene rings is 1. The molecule has 0 unspecified atom stereocenters. The van der Waals surface area contributed by atoms with E-state index in [4.69, 9.17) is 0 Å². The van der Waals surface area contributed by atoms with Gasteiger partial charge in [0.1, 0.15) is 0 Å². The maximum absolute atomic E-state index is 10.4. The first kappa shape index (κ1) is 8.49. The second kappa shape index (κ2) is 2.83. The molecule has 1 heteroatoms. The van der Waals surface area contributed by atoms with Crippen LogP contribution in [0.4, 0.5) is 0 Å². The summed E-state index contributed by atoms with van der Waals surface area (Å²) in [6.45, 7) is 0. The normalized spacial score (nSPS) is 40.4. The van der Waals surface area contributed by atoms with Gasteiger partial charge in [0.15, 0.2) is 0 Å². The first-order valence-corrected chi connectivity index (χ1v) is 5.60. The van der Waals surface area contributed by atoms with E-state index in [1.165, 1.54) is 24.8 Å². The predicted molar refractivity (Wildman–Crippen MR) is 56.1 cm³/mol. The lowest BCUT2D eigenvalue weighted by Crippen LogP contribution is -2.15. The summed E-state index contributed by atoms with van der Waals surface area (Å²) in [5.74, 6) is 0.991. The summed E-state index contributed by atoms with van der Waals surface area (Å²) in [6.07, 6.45) is 4.74. The Balaban J connectivity index is 1.89. The average molecular weight is 188 g/mol. The van der Waals surface area contributed by atoms with E-state index in [1.54, 1.807) is 0 Å². The van der Waals surface area contributed by atoms with Gasteiger partial charge in [-0.2, -0.15) is 0 Å². The number of rotatable bonds is 1. The standard InChI is InChI=1S/C13H16O/c14-13-9-5-4-8-11(13)12(13)10-6-2-1-3-7-10/h1-3,6-7,11-12,14H,4-5,8-9H2/t11-,12-,13-/m0/s1. The van der Waals surface area contributed by atoms with E-state index in [9.17, 15) is 5.11 Å². The minimum Gasteiger partial charge on any atom is -0.389 e. The Morgan fingerprint density at radius 3 is 2.57 bits per heavy atom. The molecule has 3 atom stereocenters. The zero-order valence-electron chi connectivity index (χ0n) is 8.32. The molecule has 0 aromatic heterocycles. The van der Waals surface area contributed by atoms with E-state index in [0.29, 0.717) is 11.8 Å². The number of hydrogen-bond acceptors (Lipinski definition) is 1. The van der Waals surface area contributed by atoms with E-state index in [0.717, 1.165) is 6.42 Å². The van der Waals surface area contributed by atoms with E-state index in [2.05, 4.69) is 24.3 Å². The van der Waals surface area contributed by atoms with Crippen LogP contribution < -0.4 is 0 Å². The highest BCUT2D eigenvalue weighted by Crippen LogP contribution is 2.64. The zero-order chi connectivity index (χ0) is 9.60. The van der Waals surface area contributed by atoms with E-state index in [-0.39, 0.29) is 5.60 Å². The molecular weight excluding hydrogens is 172 g/mol. The Labute approximate surface area is 84.8 Å². The monoisotopic (exact) mass is 188 g/mol. The molecule has 0 amide bonds. The van der Waals surface area contributed by atoms with E-state index >= 15 is 0 Å². The lowest BCUT2D eigenvalue weighted by atomic mass is 9.98. The van der Waals surface area contributed by atoms with Crippen molar-refractivity contribution in [1.29, 1.82) is 0 Å². The zero-order valence-corrected chi connectivity index (χ0v) is 8.32. The Morgan fingerprint density at radius 2 is 1.93 bits per heavy atom. The molecule has 2 saturated carbocycles. The van der Waals surface area contributed by atoms with E-state index < -0.39 is 0 Å². The number of aliphatic hydroxyl groups is 1. The molecule has 1 nitrogen and oxygen atoms in total. The topological polar surface area (TPSA) is 20.2 Å². The summed E-state index contributed by atoms with van der Waals surface area (Å²) < 4.78 is 0. The quantitative estimate of drug-likeness (QED) is 0.718. The summed E-state index contributed by atoms with van der Waals surface area (Å²) in [7, 11) is 0. The molecule has 0 bridgehead atoms. The second-order valence-corrected chi connectivity index (χ2v) is 4.73. The van der Waals surface area contributed by atoms with Gasteiger partial charge in [-0.05, 0) is 24.3 Å². The summed E-state index contributed by atoms with van der Waals surface area (Å²) in [5, 5.41) is 10.4. The summed E-state index contributed by atoms with van der Waals surface area (Å²) >= 11 is 0. The van der Waals surface area contributed by atoms with Gasteiger partial charge in [0.2, 0.25) is 0 Å². The Kier molecular flexibility index (Phi) is 1.72. The van der Waals surface area contributed by atoms with Gasteiger partial charge in [0.05, 0.1) is 5.60 Å². The first-order valence-electron chi connectivity index (χ1n) is 5.60. The van der Waals surface area contributed by atoms with Crippen molar-refractivity contribution in [2.45, 2.75) is 37.2 Å². The Bertz CT molecular complexity index is 332. The van der Waals surface area contributed by atoms with Crippen LogP contribution in [0.25, 0.3) is 0 Å². The molecule has 0 radical (unpaired) electrons. The smallest absolute Gasteiger partial charge is 0.0754 e. The fraction of sp³-hybridized carbons (Fsp3) is 0.538. The molecule has 0 saturated heterocycles. The molecule has 1 aromatic carbocycles. The number of fused-ring (bicyclic) bond motifs is 1. The van der Waals surface area contributed by atoms with Crippen molar-refractivity contribution in [2.24, 2.45) is 5.92 Å². The molecule has 3 rings (SSSR count). The second-order valence-electron chi connectivity index (χ2n) is 4.73. The van der Waals surface area contributed by atoms with Gasteiger partial charge in [-0.1, -0.05) is 43.2 Å². The molecular formula is C13H16O. The van der Waals surface area contributed by atoms with Gasteiger partial charge in [-0.15, -0.1) is 0 Å². The maximum Gasteiger partial charge on any atom is 0.0754 e. The molecule has 2 aliphatic carbocycles. The third-order valence-electron chi connectivity index (χ3n) is 3.97. The Morgan fingerprint density at radius 1 is 1.14 bits per heavy atom. The van der Waals surface area contributed by atoms with Crippen LogP contribution in [0.1, 0.15) is 37.2 Å². The molecule has 2 fully saturated rings. The molecule has 0 aliphatic heterocycles. The molecule has 0 heterocycles. The summed E-state index contributed by atoms with van der Waals surface area (Å²) in [6, 6.07) is 10.5. The maximum atomic E-state index is 10.4. The van der Waals surface area contributed by atoms with Crippen LogP contribution in [0.3, 0.4) is 0 Å². The highest BCUT2D eigenvalue weighted by atomic mass is 16.3. The van der Waals surface area contributed by atoms with Crippen molar-refractivity contribution in [2.75, 3.05) is 0 Å². The minimum absolute atomic E-state index is 0.334. The summed E-state index contributed by atoms with van der Waals surface area (Å²) in [4.78, 5) is 0. The first-order chi connectivity index (χ1) is 6.82. The molecule has 2 aliphatic rings. The minimum atomic E-state index is -0.334. The molecule has 14 heavy (non-hydrogen) atoms. The molecule has 0 spiro atoms. The largest absolute Gasteiger partial charge is 0.389 e. The van der Waals surface area contributed by atoms with Crippen LogP contribution in [0.2, 0.25) is 0 Å². The van der Waals surface area contributed by atoms with Gasteiger partial charge in [0, 0.05) is 5.92 Å². The lowest BCUT2D eigenvalue weighted by molar-refractivity contribution is 0.0976. The van der Waals surface area contributed by atoms with Gasteiger partial charge in [-0.25, -0.2) is 0 Å². The molecule has 1 N–H and O–H groups in total. The van der Waals surface area contributed by atoms with Gasteiger partial charge in [-0.3, -0.25) is 0 Å². The van der Waals surface area contributed by atoms with Crippen LogP contribution in [0.5, 0.6) is 0 Å². The molecule has 1 aromatic rings. The third-order valence-corrected chi connectivity index (χ3v) is 3.97. The van der Waals surface area contributed by atoms with Crippen molar-refractivity contribution < 1.29 is 5.11 Å². The van der Waals surface area contributed by atoms with Crippen LogP contribution >= 0.6 is 0 Å². The molecule has 74 valence electrons. The van der Waals surface area contributed by atoms with Crippen LogP contribution in [-0.2, 0) is 0 Å². The summed E-state index contributed by atoms with van der Waals surface area (Å²) in [5.41, 5.74) is 1.00. The fourth-order valence-corrected chi connectivity index (χ4v) is 3.21. The van der Waals surface area contributed by atoms with Crippen LogP contribution in [-0.4, -0.2) is 10.7 Å². The van der Waals surface area contributed by atoms with Crippen LogP contribution in [0.15, 0.2) is 30.3 Å². The van der Waals surface area contributed by atoms with Gasteiger partial charge >= 0.3 is 0 Å². The van der Waals surface area contributed by atoms with Crippen molar-refractivity contribution in [3.63, 3.8) is 0 Å². The number of hydrogen-bond donors (Lipinski definition) is 1. The van der Waals surface area contributed by atoms with Gasteiger partial charge in [0.25, 0.3) is 0 Å². The van der Waals surface area contributed by atoms with Crippen LogP contribution in [0, 0.1) is 5.92 Å².